The third-order valence-corrected chi connectivity index (χ3v) is 4.34. The lowest BCUT2D eigenvalue weighted by Crippen LogP contribution is -2.07. The molecule has 114 valence electrons. The summed E-state index contributed by atoms with van der Waals surface area (Å²) in [6.45, 7) is 0.520. The Kier molecular flexibility index (Phi) is 3.31. The first-order chi connectivity index (χ1) is 11.1. The quantitative estimate of drug-likeness (QED) is 0.609. The average Bonchev–Trinajstić information content (AvgIpc) is 2.83. The molecular weight excluding hydrogens is 311 g/mol. The van der Waals surface area contributed by atoms with Crippen molar-refractivity contribution >= 4 is 17.3 Å². The highest BCUT2D eigenvalue weighted by Crippen LogP contribution is 2.35. The Bertz CT molecular complexity index is 940. The normalized spacial score (nSPS) is 13.1. The molecule has 2 nitrogen and oxygen atoms in total. The van der Waals surface area contributed by atoms with Crippen molar-refractivity contribution in [1.29, 1.82) is 0 Å². The van der Waals surface area contributed by atoms with E-state index in [2.05, 4.69) is 12.4 Å². The van der Waals surface area contributed by atoms with Crippen molar-refractivity contribution in [3.05, 3.63) is 82.4 Å². The van der Waals surface area contributed by atoms with Gasteiger partial charge in [-0.3, -0.25) is 4.99 Å². The topological polar surface area (TPSA) is 17.3 Å². The van der Waals surface area contributed by atoms with Gasteiger partial charge < -0.3 is 4.57 Å². The molecule has 0 spiro atoms. The highest BCUT2D eigenvalue weighted by atomic mass is 35.5. The monoisotopic (exact) mass is 324 g/mol. The lowest BCUT2D eigenvalue weighted by Gasteiger charge is -2.11. The maximum absolute atomic E-state index is 14.3. The van der Waals surface area contributed by atoms with Crippen LogP contribution in [0.25, 0.3) is 11.1 Å². The summed E-state index contributed by atoms with van der Waals surface area (Å²) in [6, 6.07) is 12.4. The number of fused-ring (bicyclic) bond motifs is 3. The number of benzene rings is 2. The van der Waals surface area contributed by atoms with Gasteiger partial charge in [-0.15, -0.1) is 0 Å². The summed E-state index contributed by atoms with van der Waals surface area (Å²) in [6.07, 6.45) is 4.13. The first-order valence-corrected chi connectivity index (χ1v) is 7.76. The van der Waals surface area contributed by atoms with Crippen LogP contribution in [-0.4, -0.2) is 10.3 Å². The van der Waals surface area contributed by atoms with E-state index in [1.54, 1.807) is 12.1 Å². The van der Waals surface area contributed by atoms with E-state index in [1.165, 1.54) is 6.07 Å². The zero-order valence-electron chi connectivity index (χ0n) is 12.6. The van der Waals surface area contributed by atoms with E-state index in [1.807, 2.05) is 35.9 Å². The number of hydrogen-bond acceptors (Lipinski definition) is 1. The van der Waals surface area contributed by atoms with Crippen LogP contribution in [0.2, 0.25) is 5.02 Å². The number of aryl methyl sites for hydroxylation is 1. The van der Waals surface area contributed by atoms with E-state index < -0.39 is 0 Å². The zero-order valence-corrected chi connectivity index (χ0v) is 13.3. The number of rotatable bonds is 1. The standard InChI is InChI=1S/C19H14ClFN2/c1-23-10-12-9-22-19(15-4-2-3-5-18(15)21)16-8-13(20)6-7-14(16)17(12)11-23/h2-8,10-11H,9H2,1H3. The van der Waals surface area contributed by atoms with Gasteiger partial charge in [-0.05, 0) is 35.4 Å². The molecule has 1 aliphatic rings. The molecule has 0 amide bonds. The minimum absolute atomic E-state index is 0.274. The van der Waals surface area contributed by atoms with Gasteiger partial charge >= 0.3 is 0 Å². The molecule has 0 unspecified atom stereocenters. The maximum Gasteiger partial charge on any atom is 0.132 e. The molecular formula is C19H14ClFN2. The SMILES string of the molecule is Cn1cc2c(c1)-c1ccc(Cl)cc1C(c1ccccc1F)=NC2. The predicted octanol–water partition coefficient (Wildman–Crippen LogP) is 4.84. The van der Waals surface area contributed by atoms with E-state index in [9.17, 15) is 4.39 Å². The van der Waals surface area contributed by atoms with Crippen LogP contribution in [0, 0.1) is 5.82 Å². The molecule has 1 aliphatic heterocycles. The smallest absolute Gasteiger partial charge is 0.132 e. The fourth-order valence-corrected chi connectivity index (χ4v) is 3.26. The Morgan fingerprint density at radius 2 is 1.83 bits per heavy atom. The molecule has 0 atom stereocenters. The third-order valence-electron chi connectivity index (χ3n) is 4.10. The largest absolute Gasteiger partial charge is 0.356 e. The summed E-state index contributed by atoms with van der Waals surface area (Å²) in [4.78, 5) is 4.70. The minimum atomic E-state index is -0.274. The number of aromatic nitrogens is 1. The second kappa shape index (κ2) is 5.36. The van der Waals surface area contributed by atoms with Crippen LogP contribution in [0.1, 0.15) is 16.7 Å². The van der Waals surface area contributed by atoms with Gasteiger partial charge in [0, 0.05) is 41.2 Å². The van der Waals surface area contributed by atoms with Gasteiger partial charge in [0.25, 0.3) is 0 Å². The van der Waals surface area contributed by atoms with Gasteiger partial charge in [0.05, 0.1) is 12.3 Å². The maximum atomic E-state index is 14.3. The third kappa shape index (κ3) is 2.37. The van der Waals surface area contributed by atoms with Crippen molar-refractivity contribution in [3.63, 3.8) is 0 Å². The summed E-state index contributed by atoms with van der Waals surface area (Å²) in [5.41, 5.74) is 5.30. The van der Waals surface area contributed by atoms with Crippen molar-refractivity contribution in [2.75, 3.05) is 0 Å². The highest BCUT2D eigenvalue weighted by molar-refractivity contribution is 6.31. The Balaban J connectivity index is 2.01. The van der Waals surface area contributed by atoms with Crippen molar-refractivity contribution in [1.82, 2.24) is 4.57 Å². The Hall–Kier alpha value is -2.39. The van der Waals surface area contributed by atoms with Crippen molar-refractivity contribution < 1.29 is 4.39 Å². The fourth-order valence-electron chi connectivity index (χ4n) is 3.09. The number of halogens is 2. The van der Waals surface area contributed by atoms with E-state index in [0.29, 0.717) is 22.8 Å². The van der Waals surface area contributed by atoms with Crippen molar-refractivity contribution in [3.8, 4) is 11.1 Å². The summed E-state index contributed by atoms with van der Waals surface area (Å²) >= 11 is 6.20. The molecule has 2 aromatic carbocycles. The molecule has 0 N–H and O–H groups in total. The van der Waals surface area contributed by atoms with Crippen LogP contribution in [0.5, 0.6) is 0 Å². The van der Waals surface area contributed by atoms with Crippen LogP contribution in [-0.2, 0) is 13.6 Å². The molecule has 2 heterocycles. The molecule has 0 aliphatic carbocycles. The summed E-state index contributed by atoms with van der Waals surface area (Å²) in [5, 5.41) is 0.618. The van der Waals surface area contributed by atoms with E-state index in [4.69, 9.17) is 16.6 Å². The van der Waals surface area contributed by atoms with Gasteiger partial charge in [0.15, 0.2) is 0 Å². The Labute approximate surface area is 138 Å². The second-order valence-electron chi connectivity index (χ2n) is 5.70. The first-order valence-electron chi connectivity index (χ1n) is 7.38. The zero-order chi connectivity index (χ0) is 16.0. The molecule has 1 aromatic heterocycles. The lowest BCUT2D eigenvalue weighted by molar-refractivity contribution is 0.625. The number of aliphatic imine (C=N–C) groups is 1. The summed E-state index contributed by atoms with van der Waals surface area (Å²) < 4.78 is 16.3. The number of hydrogen-bond donors (Lipinski definition) is 0. The van der Waals surface area contributed by atoms with Crippen LogP contribution >= 0.6 is 11.6 Å². The van der Waals surface area contributed by atoms with Crippen molar-refractivity contribution in [2.45, 2.75) is 6.54 Å². The number of nitrogens with zero attached hydrogens (tertiary/aromatic N) is 2. The first kappa shape index (κ1) is 14.2. The molecule has 23 heavy (non-hydrogen) atoms. The van der Waals surface area contributed by atoms with E-state index >= 15 is 0 Å². The molecule has 0 fully saturated rings. The molecule has 3 aromatic rings. The summed E-state index contributed by atoms with van der Waals surface area (Å²) in [5.74, 6) is -0.274. The molecule has 0 saturated heterocycles. The van der Waals surface area contributed by atoms with Crippen LogP contribution in [0.4, 0.5) is 4.39 Å². The second-order valence-corrected chi connectivity index (χ2v) is 6.13. The molecule has 0 saturated carbocycles. The predicted molar refractivity (Wildman–Crippen MR) is 91.6 cm³/mol. The van der Waals surface area contributed by atoms with Gasteiger partial charge in [0.1, 0.15) is 5.82 Å². The van der Waals surface area contributed by atoms with Gasteiger partial charge in [-0.2, -0.15) is 0 Å². The van der Waals surface area contributed by atoms with E-state index in [0.717, 1.165) is 22.3 Å². The van der Waals surface area contributed by atoms with Gasteiger partial charge in [-0.1, -0.05) is 29.8 Å². The Morgan fingerprint density at radius 1 is 1.00 bits per heavy atom. The van der Waals surface area contributed by atoms with E-state index in [-0.39, 0.29) is 5.82 Å². The van der Waals surface area contributed by atoms with Gasteiger partial charge in [0.2, 0.25) is 0 Å². The fraction of sp³-hybridized carbons (Fsp3) is 0.105. The molecule has 4 heteroatoms. The average molecular weight is 325 g/mol. The van der Waals surface area contributed by atoms with Crippen LogP contribution < -0.4 is 0 Å². The molecule has 0 bridgehead atoms. The van der Waals surface area contributed by atoms with Crippen LogP contribution in [0.3, 0.4) is 0 Å². The van der Waals surface area contributed by atoms with Crippen LogP contribution in [0.15, 0.2) is 59.9 Å². The highest BCUT2D eigenvalue weighted by Gasteiger charge is 2.22. The van der Waals surface area contributed by atoms with Gasteiger partial charge in [-0.25, -0.2) is 4.39 Å². The van der Waals surface area contributed by atoms with Crippen molar-refractivity contribution in [2.24, 2.45) is 12.0 Å². The summed E-state index contributed by atoms with van der Waals surface area (Å²) in [7, 11) is 1.99. The lowest BCUT2D eigenvalue weighted by atomic mass is 9.94. The Morgan fingerprint density at radius 3 is 2.65 bits per heavy atom. The molecule has 0 radical (unpaired) electrons. The molecule has 4 rings (SSSR count). The minimum Gasteiger partial charge on any atom is -0.356 e.